The molecule has 1 N–H and O–H groups in total. The zero-order valence-electron chi connectivity index (χ0n) is 20.7. The standard InChI is InChI=1S/C28H34FN5O/c1-3-32-15-17-33(18-16-32)23-13-14-25(20(2)19-23)30-28(35)27-24-7-5-4-6-8-26(24)34(31-27)22-11-9-21(29)10-12-22/h9-14,19H,3-8,15-18H2,1-2H3,(H,30,35). The SMILES string of the molecule is CCN1CCN(c2ccc(NC(=O)c3nn(-c4ccc(F)cc4)c4c3CCCCC4)c(C)c2)CC1. The number of carbonyl (C=O) groups excluding carboxylic acids is 1. The van der Waals surface area contributed by atoms with Gasteiger partial charge in [0.25, 0.3) is 5.91 Å². The second-order valence-electron chi connectivity index (χ2n) is 9.60. The zero-order valence-corrected chi connectivity index (χ0v) is 20.7. The molecule has 6 nitrogen and oxygen atoms in total. The van der Waals surface area contributed by atoms with Crippen LogP contribution in [0.15, 0.2) is 42.5 Å². The molecule has 2 aromatic carbocycles. The van der Waals surface area contributed by atoms with Gasteiger partial charge in [0.05, 0.1) is 5.69 Å². The largest absolute Gasteiger partial charge is 0.369 e. The van der Waals surface area contributed by atoms with Gasteiger partial charge in [-0.05, 0) is 87.2 Å². The van der Waals surface area contributed by atoms with Crippen molar-refractivity contribution in [3.8, 4) is 5.69 Å². The summed E-state index contributed by atoms with van der Waals surface area (Å²) in [6.45, 7) is 9.54. The molecular weight excluding hydrogens is 441 g/mol. The van der Waals surface area contributed by atoms with Crippen molar-refractivity contribution in [2.24, 2.45) is 0 Å². The lowest BCUT2D eigenvalue weighted by atomic mass is 10.1. The van der Waals surface area contributed by atoms with Crippen LogP contribution in [0, 0.1) is 12.7 Å². The molecule has 1 fully saturated rings. The van der Waals surface area contributed by atoms with Crippen LogP contribution >= 0.6 is 0 Å². The van der Waals surface area contributed by atoms with E-state index in [0.717, 1.165) is 93.0 Å². The lowest BCUT2D eigenvalue weighted by molar-refractivity contribution is 0.102. The topological polar surface area (TPSA) is 53.4 Å². The van der Waals surface area contributed by atoms with Crippen LogP contribution in [0.2, 0.25) is 0 Å². The molecule has 1 saturated heterocycles. The number of nitrogens with one attached hydrogen (secondary N) is 1. The molecule has 1 aliphatic heterocycles. The number of rotatable bonds is 5. The maximum Gasteiger partial charge on any atom is 0.276 e. The van der Waals surface area contributed by atoms with Gasteiger partial charge in [0.1, 0.15) is 5.82 Å². The molecule has 0 radical (unpaired) electrons. The summed E-state index contributed by atoms with van der Waals surface area (Å²) in [6.07, 6.45) is 4.94. The Bertz CT molecular complexity index is 1190. The molecule has 0 unspecified atom stereocenters. The number of aryl methyl sites for hydroxylation is 1. The van der Waals surface area contributed by atoms with Crippen molar-refractivity contribution in [1.82, 2.24) is 14.7 Å². The summed E-state index contributed by atoms with van der Waals surface area (Å²) in [5, 5.41) is 7.85. The van der Waals surface area contributed by atoms with Gasteiger partial charge in [-0.25, -0.2) is 9.07 Å². The van der Waals surface area contributed by atoms with Crippen LogP contribution in [0.1, 0.15) is 53.5 Å². The van der Waals surface area contributed by atoms with E-state index in [0.29, 0.717) is 5.69 Å². The summed E-state index contributed by atoms with van der Waals surface area (Å²) < 4.78 is 15.3. The second-order valence-corrected chi connectivity index (χ2v) is 9.60. The molecule has 0 atom stereocenters. The minimum atomic E-state index is -0.281. The van der Waals surface area contributed by atoms with E-state index >= 15 is 0 Å². The van der Waals surface area contributed by atoms with Crippen molar-refractivity contribution >= 4 is 17.3 Å². The van der Waals surface area contributed by atoms with Crippen molar-refractivity contribution < 1.29 is 9.18 Å². The van der Waals surface area contributed by atoms with Gasteiger partial charge in [-0.15, -0.1) is 0 Å². The fraction of sp³-hybridized carbons (Fsp3) is 0.429. The van der Waals surface area contributed by atoms with Crippen molar-refractivity contribution in [1.29, 1.82) is 0 Å². The average Bonchev–Trinajstić information content (AvgIpc) is 3.06. The number of hydrogen-bond donors (Lipinski definition) is 1. The highest BCUT2D eigenvalue weighted by Gasteiger charge is 2.25. The minimum Gasteiger partial charge on any atom is -0.369 e. The number of aromatic nitrogens is 2. The summed E-state index contributed by atoms with van der Waals surface area (Å²) in [6, 6.07) is 12.6. The number of halogens is 1. The summed E-state index contributed by atoms with van der Waals surface area (Å²) in [4.78, 5) is 18.3. The van der Waals surface area contributed by atoms with Crippen LogP contribution in [-0.2, 0) is 12.8 Å². The van der Waals surface area contributed by atoms with Gasteiger partial charge in [0, 0.05) is 48.8 Å². The molecule has 1 aromatic heterocycles. The zero-order chi connectivity index (χ0) is 24.4. The molecular formula is C28H34FN5O. The Balaban J connectivity index is 1.38. The van der Waals surface area contributed by atoms with Crippen LogP contribution in [0.3, 0.4) is 0 Å². The molecule has 3 aromatic rings. The van der Waals surface area contributed by atoms with Gasteiger partial charge in [-0.3, -0.25) is 4.79 Å². The lowest BCUT2D eigenvalue weighted by Crippen LogP contribution is -2.46. The number of fused-ring (bicyclic) bond motifs is 1. The fourth-order valence-electron chi connectivity index (χ4n) is 5.24. The fourth-order valence-corrected chi connectivity index (χ4v) is 5.24. The molecule has 0 saturated carbocycles. The Labute approximate surface area is 206 Å². The quantitative estimate of drug-likeness (QED) is 0.529. The number of nitrogens with zero attached hydrogens (tertiary/aromatic N) is 4. The first-order valence-electron chi connectivity index (χ1n) is 12.8. The van der Waals surface area contributed by atoms with Crippen LogP contribution in [0.25, 0.3) is 5.69 Å². The number of likely N-dealkylation sites (N-methyl/N-ethyl adjacent to an activating group) is 1. The van der Waals surface area contributed by atoms with Crippen molar-refractivity contribution in [3.05, 3.63) is 70.8 Å². The van der Waals surface area contributed by atoms with Crippen molar-refractivity contribution in [3.63, 3.8) is 0 Å². The summed E-state index contributed by atoms with van der Waals surface area (Å²) >= 11 is 0. The predicted octanol–water partition coefficient (Wildman–Crippen LogP) is 4.98. The number of anilines is 2. The Morgan fingerprint density at radius 3 is 2.40 bits per heavy atom. The molecule has 0 bridgehead atoms. The van der Waals surface area contributed by atoms with Gasteiger partial charge < -0.3 is 15.1 Å². The van der Waals surface area contributed by atoms with E-state index in [9.17, 15) is 9.18 Å². The van der Waals surface area contributed by atoms with Crippen LogP contribution in [0.5, 0.6) is 0 Å². The lowest BCUT2D eigenvalue weighted by Gasteiger charge is -2.35. The van der Waals surface area contributed by atoms with Crippen LogP contribution in [-0.4, -0.2) is 53.3 Å². The predicted molar refractivity (Wildman–Crippen MR) is 138 cm³/mol. The Kier molecular flexibility index (Phi) is 6.86. The van der Waals surface area contributed by atoms with Crippen LogP contribution in [0.4, 0.5) is 15.8 Å². The maximum absolute atomic E-state index is 13.5. The molecule has 5 rings (SSSR count). The Morgan fingerprint density at radius 1 is 0.971 bits per heavy atom. The first-order chi connectivity index (χ1) is 17.0. The van der Waals surface area contributed by atoms with E-state index < -0.39 is 0 Å². The van der Waals surface area contributed by atoms with Crippen molar-refractivity contribution in [2.45, 2.75) is 46.0 Å². The number of carbonyl (C=O) groups is 1. The third-order valence-electron chi connectivity index (χ3n) is 7.36. The number of amides is 1. The van der Waals surface area contributed by atoms with E-state index in [1.807, 2.05) is 17.7 Å². The Morgan fingerprint density at radius 2 is 1.69 bits per heavy atom. The van der Waals surface area contributed by atoms with Gasteiger partial charge in [-0.2, -0.15) is 5.10 Å². The number of benzene rings is 2. The highest BCUT2D eigenvalue weighted by Crippen LogP contribution is 2.28. The van der Waals surface area contributed by atoms with E-state index in [-0.39, 0.29) is 11.7 Å². The normalized spacial score (nSPS) is 16.6. The first-order valence-corrected chi connectivity index (χ1v) is 12.8. The summed E-state index contributed by atoms with van der Waals surface area (Å²) in [5.41, 5.74) is 6.40. The average molecular weight is 476 g/mol. The van der Waals surface area contributed by atoms with E-state index in [4.69, 9.17) is 5.10 Å². The van der Waals surface area contributed by atoms with E-state index in [1.165, 1.54) is 17.8 Å². The van der Waals surface area contributed by atoms with Crippen molar-refractivity contribution in [2.75, 3.05) is 42.9 Å². The molecule has 2 aliphatic rings. The third kappa shape index (κ3) is 4.96. The number of hydrogen-bond acceptors (Lipinski definition) is 4. The third-order valence-corrected chi connectivity index (χ3v) is 7.36. The van der Waals surface area contributed by atoms with Gasteiger partial charge >= 0.3 is 0 Å². The van der Waals surface area contributed by atoms with Crippen LogP contribution < -0.4 is 10.2 Å². The van der Waals surface area contributed by atoms with Gasteiger partial charge in [-0.1, -0.05) is 13.3 Å². The molecule has 184 valence electrons. The minimum absolute atomic E-state index is 0.184. The summed E-state index contributed by atoms with van der Waals surface area (Å²) in [7, 11) is 0. The summed E-state index contributed by atoms with van der Waals surface area (Å²) in [5.74, 6) is -0.465. The highest BCUT2D eigenvalue weighted by atomic mass is 19.1. The molecule has 1 aliphatic carbocycles. The molecule has 35 heavy (non-hydrogen) atoms. The van der Waals surface area contributed by atoms with Gasteiger partial charge in [0.15, 0.2) is 5.69 Å². The molecule has 2 heterocycles. The second kappa shape index (κ2) is 10.2. The monoisotopic (exact) mass is 475 g/mol. The number of piperazine rings is 1. The molecule has 7 heteroatoms. The highest BCUT2D eigenvalue weighted by molar-refractivity contribution is 6.04. The molecule has 0 spiro atoms. The van der Waals surface area contributed by atoms with E-state index in [2.05, 4.69) is 34.2 Å². The maximum atomic E-state index is 13.5. The Hall–Kier alpha value is -3.19. The molecule has 1 amide bonds. The van der Waals surface area contributed by atoms with Gasteiger partial charge in [0.2, 0.25) is 0 Å². The smallest absolute Gasteiger partial charge is 0.276 e. The first kappa shape index (κ1) is 23.5. The van der Waals surface area contributed by atoms with E-state index in [1.54, 1.807) is 12.1 Å².